The third kappa shape index (κ3) is 3.41. The number of nitrogens with one attached hydrogen (secondary N) is 1. The fraction of sp³-hybridized carbons (Fsp3) is 0.227. The molecule has 2 heterocycles. The number of rotatable bonds is 4. The number of aryl methyl sites for hydroxylation is 2. The minimum absolute atomic E-state index is 0.121. The molecule has 0 bridgehead atoms. The van der Waals surface area contributed by atoms with Crippen molar-refractivity contribution in [2.24, 2.45) is 0 Å². The molecular formula is C22H21N3O3. The third-order valence-electron chi connectivity index (χ3n) is 5.03. The lowest BCUT2D eigenvalue weighted by molar-refractivity contribution is -0.115. The number of fused-ring (bicyclic) bond motifs is 1. The normalized spacial score (nSPS) is 13.6. The first-order valence-corrected chi connectivity index (χ1v) is 9.22. The number of pyridine rings is 1. The van der Waals surface area contributed by atoms with E-state index < -0.39 is 0 Å². The monoisotopic (exact) mass is 375 g/mol. The van der Waals surface area contributed by atoms with E-state index in [9.17, 15) is 9.59 Å². The summed E-state index contributed by atoms with van der Waals surface area (Å²) in [7, 11) is 0. The van der Waals surface area contributed by atoms with Crippen LogP contribution in [0.3, 0.4) is 0 Å². The molecule has 6 heteroatoms. The second kappa shape index (κ2) is 7.31. The van der Waals surface area contributed by atoms with Gasteiger partial charge in [-0.05, 0) is 49.2 Å². The summed E-state index contributed by atoms with van der Waals surface area (Å²) in [5, 5.41) is 3.99. The highest BCUT2D eigenvalue weighted by molar-refractivity contribution is 5.95. The summed E-state index contributed by atoms with van der Waals surface area (Å²) in [4.78, 5) is 30.6. The van der Waals surface area contributed by atoms with Gasteiger partial charge in [-0.2, -0.15) is 0 Å². The zero-order valence-corrected chi connectivity index (χ0v) is 15.9. The van der Waals surface area contributed by atoms with Crippen LogP contribution in [-0.4, -0.2) is 30.1 Å². The lowest BCUT2D eigenvalue weighted by atomic mass is 9.99. The van der Waals surface area contributed by atoms with E-state index >= 15 is 0 Å². The largest absolute Gasteiger partial charge is 0.447 e. The lowest BCUT2D eigenvalue weighted by Crippen LogP contribution is -2.23. The molecule has 0 radical (unpaired) electrons. The maximum absolute atomic E-state index is 12.7. The molecular weight excluding hydrogens is 354 g/mol. The summed E-state index contributed by atoms with van der Waals surface area (Å²) in [5.41, 5.74) is 5.17. The van der Waals surface area contributed by atoms with Crippen molar-refractivity contribution in [3.63, 3.8) is 0 Å². The van der Waals surface area contributed by atoms with Crippen molar-refractivity contribution in [2.75, 3.05) is 23.4 Å². The molecule has 0 aliphatic carbocycles. The molecule has 0 saturated carbocycles. The molecule has 0 unspecified atom stereocenters. The van der Waals surface area contributed by atoms with Gasteiger partial charge in [0.05, 0.1) is 18.5 Å². The van der Waals surface area contributed by atoms with Crippen LogP contribution in [0.2, 0.25) is 0 Å². The molecule has 2 aromatic carbocycles. The zero-order chi connectivity index (χ0) is 19.7. The van der Waals surface area contributed by atoms with E-state index in [4.69, 9.17) is 4.74 Å². The van der Waals surface area contributed by atoms with Crippen molar-refractivity contribution < 1.29 is 14.3 Å². The molecule has 2 amide bonds. The zero-order valence-electron chi connectivity index (χ0n) is 15.9. The average Bonchev–Trinajstić information content (AvgIpc) is 3.11. The SMILES string of the molecule is Cc1nc2ccccc2c(C)c1CC(=O)Nc1cccc(N2CCOC2=O)c1. The Bertz CT molecular complexity index is 1080. The number of benzene rings is 2. The van der Waals surface area contributed by atoms with Crippen molar-refractivity contribution in [3.05, 3.63) is 65.4 Å². The van der Waals surface area contributed by atoms with Crippen molar-refractivity contribution in [2.45, 2.75) is 20.3 Å². The van der Waals surface area contributed by atoms with E-state index in [2.05, 4.69) is 10.3 Å². The number of cyclic esters (lactones) is 1. The Morgan fingerprint density at radius 1 is 1.18 bits per heavy atom. The predicted octanol–water partition coefficient (Wildman–Crippen LogP) is 3.99. The summed E-state index contributed by atoms with van der Waals surface area (Å²) in [5.74, 6) is -0.121. The van der Waals surface area contributed by atoms with Gasteiger partial charge < -0.3 is 10.1 Å². The first kappa shape index (κ1) is 18.0. The van der Waals surface area contributed by atoms with Crippen molar-refractivity contribution in [1.29, 1.82) is 0 Å². The summed E-state index contributed by atoms with van der Waals surface area (Å²) in [6.07, 6.45) is -0.122. The van der Waals surface area contributed by atoms with Crippen LogP contribution in [0.5, 0.6) is 0 Å². The van der Waals surface area contributed by atoms with Gasteiger partial charge in [0.2, 0.25) is 5.91 Å². The average molecular weight is 375 g/mol. The van der Waals surface area contributed by atoms with E-state index in [1.807, 2.05) is 50.2 Å². The smallest absolute Gasteiger partial charge is 0.414 e. The first-order valence-electron chi connectivity index (χ1n) is 9.22. The van der Waals surface area contributed by atoms with Gasteiger partial charge in [0.15, 0.2) is 0 Å². The van der Waals surface area contributed by atoms with Gasteiger partial charge in [-0.3, -0.25) is 14.7 Å². The Labute approximate surface area is 163 Å². The molecule has 6 nitrogen and oxygen atoms in total. The van der Waals surface area contributed by atoms with E-state index in [1.165, 1.54) is 0 Å². The fourth-order valence-corrected chi connectivity index (χ4v) is 3.58. The summed E-state index contributed by atoms with van der Waals surface area (Å²) < 4.78 is 4.97. The van der Waals surface area contributed by atoms with Crippen LogP contribution in [0.4, 0.5) is 16.2 Å². The molecule has 0 atom stereocenters. The van der Waals surface area contributed by atoms with Crippen LogP contribution in [0.1, 0.15) is 16.8 Å². The number of carbonyl (C=O) groups is 2. The quantitative estimate of drug-likeness (QED) is 0.748. The van der Waals surface area contributed by atoms with Gasteiger partial charge in [-0.15, -0.1) is 0 Å². The molecule has 1 fully saturated rings. The Morgan fingerprint density at radius 2 is 2.00 bits per heavy atom. The maximum atomic E-state index is 12.7. The standard InChI is InChI=1S/C22H21N3O3/c1-14-18-8-3-4-9-20(18)23-15(2)19(14)13-21(26)24-16-6-5-7-17(12-16)25-10-11-28-22(25)27/h3-9,12H,10-11,13H2,1-2H3,(H,24,26). The van der Waals surface area contributed by atoms with Crippen LogP contribution in [0.15, 0.2) is 48.5 Å². The number of aromatic nitrogens is 1. The Hall–Kier alpha value is -3.41. The highest BCUT2D eigenvalue weighted by atomic mass is 16.6. The van der Waals surface area contributed by atoms with Gasteiger partial charge >= 0.3 is 6.09 Å². The Balaban J connectivity index is 1.54. The van der Waals surface area contributed by atoms with E-state index in [0.29, 0.717) is 24.5 Å². The van der Waals surface area contributed by atoms with E-state index in [-0.39, 0.29) is 18.4 Å². The molecule has 0 spiro atoms. The Morgan fingerprint density at radius 3 is 2.79 bits per heavy atom. The lowest BCUT2D eigenvalue weighted by Gasteiger charge is -2.15. The molecule has 4 rings (SSSR count). The number of nitrogens with zero attached hydrogens (tertiary/aromatic N) is 2. The number of carbonyl (C=O) groups excluding carboxylic acids is 2. The van der Waals surface area contributed by atoms with E-state index in [1.54, 1.807) is 17.0 Å². The summed E-state index contributed by atoms with van der Waals surface area (Å²) in [6, 6.07) is 15.2. The second-order valence-electron chi connectivity index (χ2n) is 6.86. The predicted molar refractivity (Wildman–Crippen MR) is 109 cm³/mol. The molecule has 1 saturated heterocycles. The Kier molecular flexibility index (Phi) is 4.69. The van der Waals surface area contributed by atoms with Crippen molar-refractivity contribution >= 4 is 34.3 Å². The van der Waals surface area contributed by atoms with Crippen LogP contribution >= 0.6 is 0 Å². The highest BCUT2D eigenvalue weighted by Crippen LogP contribution is 2.25. The summed E-state index contributed by atoms with van der Waals surface area (Å²) in [6.45, 7) is 4.85. The molecule has 1 aromatic heterocycles. The molecule has 142 valence electrons. The fourth-order valence-electron chi connectivity index (χ4n) is 3.58. The summed E-state index contributed by atoms with van der Waals surface area (Å²) >= 11 is 0. The van der Waals surface area contributed by atoms with Gasteiger partial charge in [0.1, 0.15) is 6.61 Å². The molecule has 28 heavy (non-hydrogen) atoms. The molecule has 1 aliphatic rings. The topological polar surface area (TPSA) is 71.5 Å². The molecule has 1 aliphatic heterocycles. The van der Waals surface area contributed by atoms with Crippen LogP contribution in [0, 0.1) is 13.8 Å². The van der Waals surface area contributed by atoms with Gasteiger partial charge in [-0.1, -0.05) is 24.3 Å². The number of hydrogen-bond donors (Lipinski definition) is 1. The molecule has 3 aromatic rings. The van der Waals surface area contributed by atoms with Crippen LogP contribution < -0.4 is 10.2 Å². The number of anilines is 2. The van der Waals surface area contributed by atoms with Crippen molar-refractivity contribution in [1.82, 2.24) is 4.98 Å². The number of hydrogen-bond acceptors (Lipinski definition) is 4. The molecule has 1 N–H and O–H groups in total. The van der Waals surface area contributed by atoms with Crippen molar-refractivity contribution in [3.8, 4) is 0 Å². The van der Waals surface area contributed by atoms with E-state index in [0.717, 1.165) is 27.7 Å². The number of para-hydroxylation sites is 1. The first-order chi connectivity index (χ1) is 13.5. The minimum Gasteiger partial charge on any atom is -0.447 e. The number of ether oxygens (including phenoxy) is 1. The maximum Gasteiger partial charge on any atom is 0.414 e. The third-order valence-corrected chi connectivity index (χ3v) is 5.03. The van der Waals surface area contributed by atoms with Crippen LogP contribution in [-0.2, 0) is 16.0 Å². The van der Waals surface area contributed by atoms with Gasteiger partial charge in [0, 0.05) is 22.5 Å². The highest BCUT2D eigenvalue weighted by Gasteiger charge is 2.23. The van der Waals surface area contributed by atoms with Gasteiger partial charge in [0.25, 0.3) is 0 Å². The number of amides is 2. The minimum atomic E-state index is -0.364. The van der Waals surface area contributed by atoms with Crippen LogP contribution in [0.25, 0.3) is 10.9 Å². The van der Waals surface area contributed by atoms with Gasteiger partial charge in [-0.25, -0.2) is 4.79 Å². The second-order valence-corrected chi connectivity index (χ2v) is 6.86.